The summed E-state index contributed by atoms with van der Waals surface area (Å²) in [6.07, 6.45) is 2.36. The molecule has 0 amide bonds. The van der Waals surface area contributed by atoms with Gasteiger partial charge < -0.3 is 9.66 Å². The van der Waals surface area contributed by atoms with Gasteiger partial charge in [0.1, 0.15) is 0 Å². The molecule has 60 valence electrons. The summed E-state index contributed by atoms with van der Waals surface area (Å²) in [5, 5.41) is 9.13. The molecule has 1 N–H and O–H groups in total. The van der Waals surface area contributed by atoms with Crippen molar-refractivity contribution in [3.8, 4) is 0 Å². The van der Waals surface area contributed by atoms with Crippen LogP contribution in [0.15, 0.2) is 30.3 Å². The van der Waals surface area contributed by atoms with Crippen LogP contribution >= 0.6 is 10.9 Å². The van der Waals surface area contributed by atoms with Crippen LogP contribution in [0.2, 0.25) is 0 Å². The van der Waals surface area contributed by atoms with E-state index in [9.17, 15) is 9.35 Å². The van der Waals surface area contributed by atoms with Crippen LogP contribution in [0.5, 0.6) is 0 Å². The number of carboxylic acid groups (broad SMARTS) is 1. The van der Waals surface area contributed by atoms with E-state index in [1.165, 1.54) is 11.6 Å². The van der Waals surface area contributed by atoms with E-state index < -0.39 is 16.9 Å². The van der Waals surface area contributed by atoms with Gasteiger partial charge in [0.15, 0.2) is 5.38 Å². The molecule has 0 aromatic carbocycles. The first-order valence-electron chi connectivity index (χ1n) is 2.63. The van der Waals surface area contributed by atoms with E-state index >= 15 is 0 Å². The molecule has 1 unspecified atom stereocenters. The maximum absolute atomic E-state index is 10.1. The van der Waals surface area contributed by atoms with Gasteiger partial charge in [0.2, 0.25) is 0 Å². The fourth-order valence-electron chi connectivity index (χ4n) is 0.233. The standard InChI is InChI=1S/C3H3NOS.C3H4O2/c5-6-3-1-2-4-6;1-2-3(4)5/h1-3H;2H,1H2,(H,4,5). The minimum Gasteiger partial charge on any atom is -0.569 e. The Balaban J connectivity index is 0.000000187. The number of carbonyl (C=O) groups is 1. The van der Waals surface area contributed by atoms with E-state index in [-0.39, 0.29) is 0 Å². The van der Waals surface area contributed by atoms with Gasteiger partial charge >= 0.3 is 5.97 Å². The second-order valence-corrected chi connectivity index (χ2v) is 2.44. The molecule has 1 aromatic rings. The summed E-state index contributed by atoms with van der Waals surface area (Å²) >= 11 is 0. The first-order chi connectivity index (χ1) is 5.16. The molecule has 1 heterocycles. The lowest BCUT2D eigenvalue weighted by molar-refractivity contribution is -0.131. The number of rotatable bonds is 1. The molecule has 11 heavy (non-hydrogen) atoms. The van der Waals surface area contributed by atoms with Crippen LogP contribution in [0.25, 0.3) is 0 Å². The molecule has 1 aromatic heterocycles. The average molecular weight is 173 g/mol. The molecule has 0 saturated heterocycles. The summed E-state index contributed by atoms with van der Waals surface area (Å²) < 4.78 is 13.5. The van der Waals surface area contributed by atoms with Gasteiger partial charge in [0.05, 0.1) is 17.1 Å². The number of aliphatic carboxylic acids is 1. The number of hydrogen-bond acceptors (Lipinski definition) is 3. The molecular weight excluding hydrogens is 166 g/mol. The Labute approximate surface area is 66.8 Å². The molecule has 0 radical (unpaired) electrons. The zero-order valence-electron chi connectivity index (χ0n) is 5.64. The second kappa shape index (κ2) is 5.57. The largest absolute Gasteiger partial charge is 0.569 e. The Morgan fingerprint density at radius 1 is 1.82 bits per heavy atom. The molecule has 1 rings (SSSR count). The van der Waals surface area contributed by atoms with E-state index in [0.29, 0.717) is 0 Å². The molecular formula is C6H7NO3S. The number of aromatic nitrogens is 1. The summed E-state index contributed by atoms with van der Waals surface area (Å²) in [5.74, 6) is -0.981. The van der Waals surface area contributed by atoms with Crippen LogP contribution in [0.4, 0.5) is 0 Å². The van der Waals surface area contributed by atoms with Crippen molar-refractivity contribution in [2.75, 3.05) is 0 Å². The summed E-state index contributed by atoms with van der Waals surface area (Å²) in [7, 11) is -1.03. The zero-order chi connectivity index (χ0) is 8.69. The number of hydrogen-bond donors (Lipinski definition) is 1. The van der Waals surface area contributed by atoms with Crippen molar-refractivity contribution in [2.24, 2.45) is 0 Å². The van der Waals surface area contributed by atoms with E-state index in [1.54, 1.807) is 6.07 Å². The average Bonchev–Trinajstić information content (AvgIpc) is 2.41. The molecule has 4 nitrogen and oxygen atoms in total. The minimum absolute atomic E-state index is 0.833. The van der Waals surface area contributed by atoms with Crippen molar-refractivity contribution >= 4 is 16.9 Å². The van der Waals surface area contributed by atoms with Gasteiger partial charge in [-0.05, 0) is 4.37 Å². The Morgan fingerprint density at radius 2 is 2.36 bits per heavy atom. The highest BCUT2D eigenvalue weighted by Gasteiger charge is 1.80. The van der Waals surface area contributed by atoms with E-state index in [0.717, 1.165) is 6.08 Å². The van der Waals surface area contributed by atoms with Gasteiger partial charge in [-0.3, -0.25) is 0 Å². The lowest BCUT2D eigenvalue weighted by Gasteiger charge is -1.71. The highest BCUT2D eigenvalue weighted by molar-refractivity contribution is 7.17. The van der Waals surface area contributed by atoms with Gasteiger partial charge in [-0.2, -0.15) is 0 Å². The van der Waals surface area contributed by atoms with Crippen LogP contribution in [-0.4, -0.2) is 20.0 Å². The topological polar surface area (TPSA) is 73.2 Å². The Morgan fingerprint density at radius 3 is 2.45 bits per heavy atom. The smallest absolute Gasteiger partial charge is 0.327 e. The summed E-state index contributed by atoms with van der Waals surface area (Å²) in [4.78, 5) is 9.25. The van der Waals surface area contributed by atoms with Gasteiger partial charge in [0, 0.05) is 12.1 Å². The van der Waals surface area contributed by atoms with Crippen LogP contribution in [-0.2, 0) is 4.79 Å². The SMILES string of the molecule is C=CC(=O)O.[O-][s+]1cccn1. The highest BCUT2D eigenvalue weighted by Crippen LogP contribution is 2.00. The van der Waals surface area contributed by atoms with Gasteiger partial charge in [-0.1, -0.05) is 6.58 Å². The van der Waals surface area contributed by atoms with Crippen molar-refractivity contribution in [3.63, 3.8) is 0 Å². The highest BCUT2D eigenvalue weighted by atomic mass is 32.2. The Kier molecular flexibility index (Phi) is 4.97. The van der Waals surface area contributed by atoms with Gasteiger partial charge in [-0.15, -0.1) is 0 Å². The summed E-state index contributed by atoms with van der Waals surface area (Å²) in [6, 6.07) is 1.66. The van der Waals surface area contributed by atoms with Crippen molar-refractivity contribution in [3.05, 3.63) is 30.3 Å². The van der Waals surface area contributed by atoms with Crippen LogP contribution < -0.4 is 0 Å². The predicted octanol–water partition coefficient (Wildman–Crippen LogP) is 1.07. The quantitative estimate of drug-likeness (QED) is 0.509. The van der Waals surface area contributed by atoms with Crippen molar-refractivity contribution < 1.29 is 14.5 Å². The predicted molar refractivity (Wildman–Crippen MR) is 40.7 cm³/mol. The van der Waals surface area contributed by atoms with Crippen molar-refractivity contribution in [1.29, 1.82) is 0 Å². The second-order valence-electron chi connectivity index (χ2n) is 1.40. The maximum Gasteiger partial charge on any atom is 0.327 e. The van der Waals surface area contributed by atoms with Crippen LogP contribution in [0.1, 0.15) is 0 Å². The zero-order valence-corrected chi connectivity index (χ0v) is 6.45. The fraction of sp³-hybridized carbons (Fsp3) is 0. The molecule has 0 bridgehead atoms. The lowest BCUT2D eigenvalue weighted by atomic mass is 10.7. The molecule has 0 saturated carbocycles. The normalized spacial score (nSPS) is 9.36. The first kappa shape index (κ1) is 9.80. The molecule has 5 heteroatoms. The molecule has 0 aliphatic rings. The Hall–Kier alpha value is -1.20. The van der Waals surface area contributed by atoms with E-state index in [1.807, 2.05) is 0 Å². The Bertz CT molecular complexity index is 220. The molecule has 0 fully saturated rings. The van der Waals surface area contributed by atoms with Gasteiger partial charge in [0.25, 0.3) is 0 Å². The third-order valence-electron chi connectivity index (χ3n) is 0.620. The van der Waals surface area contributed by atoms with E-state index in [4.69, 9.17) is 5.11 Å². The molecule has 0 spiro atoms. The summed E-state index contributed by atoms with van der Waals surface area (Å²) in [6.45, 7) is 2.96. The lowest BCUT2D eigenvalue weighted by Crippen LogP contribution is -1.82. The minimum atomic E-state index is -1.03. The molecule has 1 atom stereocenters. The fourth-order valence-corrected chi connectivity index (χ4v) is 0.698. The molecule has 0 aliphatic carbocycles. The monoisotopic (exact) mass is 173 g/mol. The van der Waals surface area contributed by atoms with Crippen molar-refractivity contribution in [1.82, 2.24) is 4.37 Å². The first-order valence-corrected chi connectivity index (χ1v) is 3.80. The number of nitrogens with zero attached hydrogens (tertiary/aromatic N) is 1. The number of carboxylic acids is 1. The van der Waals surface area contributed by atoms with Crippen molar-refractivity contribution in [2.45, 2.75) is 0 Å². The summed E-state index contributed by atoms with van der Waals surface area (Å²) in [5.41, 5.74) is 0. The third-order valence-corrected chi connectivity index (χ3v) is 1.34. The van der Waals surface area contributed by atoms with Gasteiger partial charge in [-0.25, -0.2) is 4.79 Å². The molecule has 0 aliphatic heterocycles. The van der Waals surface area contributed by atoms with Crippen LogP contribution in [0.3, 0.4) is 0 Å². The maximum atomic E-state index is 10.1. The third kappa shape index (κ3) is 6.69. The van der Waals surface area contributed by atoms with Crippen LogP contribution in [0, 0.1) is 0 Å². The van der Waals surface area contributed by atoms with E-state index in [2.05, 4.69) is 11.0 Å².